The minimum absolute atomic E-state index is 0.113. The van der Waals surface area contributed by atoms with Crippen molar-refractivity contribution in [2.24, 2.45) is 23.3 Å². The Morgan fingerprint density at radius 3 is 1.50 bits per heavy atom. The third-order valence-corrected chi connectivity index (χ3v) is 1.94. The molecule has 0 unspecified atom stereocenters. The molecule has 1 fully saturated rings. The van der Waals surface area contributed by atoms with Crippen molar-refractivity contribution in [3.05, 3.63) is 0 Å². The Labute approximate surface area is 58.6 Å². The molecule has 0 saturated heterocycles. The van der Waals surface area contributed by atoms with Crippen LogP contribution in [0.5, 0.6) is 0 Å². The van der Waals surface area contributed by atoms with E-state index in [0.29, 0.717) is 12.8 Å². The van der Waals surface area contributed by atoms with Gasteiger partial charge in [0.1, 0.15) is 0 Å². The smallest absolute Gasteiger partial charge is 0.220 e. The SMILES string of the molecule is NC(=O)C1CC(C(N)=O)C1. The van der Waals surface area contributed by atoms with Crippen molar-refractivity contribution < 1.29 is 9.59 Å². The van der Waals surface area contributed by atoms with E-state index in [4.69, 9.17) is 11.5 Å². The molecule has 0 aromatic rings. The average Bonchev–Trinajstić information content (AvgIpc) is 1.56. The van der Waals surface area contributed by atoms with Gasteiger partial charge in [-0.05, 0) is 12.8 Å². The summed E-state index contributed by atoms with van der Waals surface area (Å²) in [7, 11) is 0. The van der Waals surface area contributed by atoms with Gasteiger partial charge in [-0.3, -0.25) is 9.59 Å². The first-order valence-corrected chi connectivity index (χ1v) is 3.20. The summed E-state index contributed by atoms with van der Waals surface area (Å²) in [6.45, 7) is 0. The third-order valence-electron chi connectivity index (χ3n) is 1.94. The Balaban J connectivity index is 2.31. The summed E-state index contributed by atoms with van der Waals surface area (Å²) in [6, 6.07) is 0. The molecule has 4 nitrogen and oxygen atoms in total. The molecule has 0 spiro atoms. The zero-order chi connectivity index (χ0) is 7.72. The van der Waals surface area contributed by atoms with E-state index in [1.807, 2.05) is 0 Å². The van der Waals surface area contributed by atoms with Gasteiger partial charge in [0, 0.05) is 11.8 Å². The van der Waals surface area contributed by atoms with Crippen molar-refractivity contribution in [3.63, 3.8) is 0 Å². The zero-order valence-corrected chi connectivity index (χ0v) is 5.54. The van der Waals surface area contributed by atoms with Crippen molar-refractivity contribution in [2.45, 2.75) is 12.8 Å². The fraction of sp³-hybridized carbons (Fsp3) is 0.667. The third kappa shape index (κ3) is 1.10. The second-order valence-corrected chi connectivity index (χ2v) is 2.67. The van der Waals surface area contributed by atoms with Crippen LogP contribution in [0.15, 0.2) is 0 Å². The number of rotatable bonds is 2. The van der Waals surface area contributed by atoms with Crippen LogP contribution < -0.4 is 11.5 Å². The Hall–Kier alpha value is -1.06. The van der Waals surface area contributed by atoms with Crippen LogP contribution >= 0.6 is 0 Å². The molecule has 1 saturated carbocycles. The standard InChI is InChI=1S/C6H10N2O2/c7-5(9)3-1-4(2-3)6(8)10/h3-4H,1-2H2,(H2,7,9)(H2,8,10). The molecule has 2 amide bonds. The second kappa shape index (κ2) is 2.28. The predicted molar refractivity (Wildman–Crippen MR) is 34.6 cm³/mol. The van der Waals surface area contributed by atoms with Crippen LogP contribution in [0, 0.1) is 11.8 Å². The normalized spacial score (nSPS) is 30.8. The van der Waals surface area contributed by atoms with Crippen LogP contribution in [0.25, 0.3) is 0 Å². The average molecular weight is 142 g/mol. The van der Waals surface area contributed by atoms with E-state index in [9.17, 15) is 9.59 Å². The molecule has 4 N–H and O–H groups in total. The van der Waals surface area contributed by atoms with E-state index in [0.717, 1.165) is 0 Å². The van der Waals surface area contributed by atoms with E-state index >= 15 is 0 Å². The maximum Gasteiger partial charge on any atom is 0.220 e. The summed E-state index contributed by atoms with van der Waals surface area (Å²) < 4.78 is 0. The molecular formula is C6H10N2O2. The summed E-state index contributed by atoms with van der Waals surface area (Å²) in [4.78, 5) is 20.8. The number of amides is 2. The van der Waals surface area contributed by atoms with Crippen molar-refractivity contribution in [3.8, 4) is 0 Å². The Kier molecular flexibility index (Phi) is 1.61. The van der Waals surface area contributed by atoms with Crippen molar-refractivity contribution in [1.29, 1.82) is 0 Å². The fourth-order valence-corrected chi connectivity index (χ4v) is 1.08. The Morgan fingerprint density at radius 2 is 1.30 bits per heavy atom. The largest absolute Gasteiger partial charge is 0.369 e. The van der Waals surface area contributed by atoms with Crippen molar-refractivity contribution in [1.82, 2.24) is 0 Å². The lowest BCUT2D eigenvalue weighted by Gasteiger charge is -2.30. The summed E-state index contributed by atoms with van der Waals surface area (Å²) in [6.07, 6.45) is 1.09. The van der Waals surface area contributed by atoms with Crippen LogP contribution in [0.2, 0.25) is 0 Å². The van der Waals surface area contributed by atoms with Gasteiger partial charge in [0.05, 0.1) is 0 Å². The first kappa shape index (κ1) is 7.05. The van der Waals surface area contributed by atoms with E-state index in [-0.39, 0.29) is 23.7 Å². The van der Waals surface area contributed by atoms with Crippen LogP contribution in [-0.4, -0.2) is 11.8 Å². The number of hydrogen-bond donors (Lipinski definition) is 2. The zero-order valence-electron chi connectivity index (χ0n) is 5.54. The molecule has 10 heavy (non-hydrogen) atoms. The van der Waals surface area contributed by atoms with Crippen molar-refractivity contribution in [2.75, 3.05) is 0 Å². The Bertz CT molecular complexity index is 155. The molecule has 1 aliphatic rings. The first-order valence-electron chi connectivity index (χ1n) is 3.20. The van der Waals surface area contributed by atoms with Gasteiger partial charge in [0.25, 0.3) is 0 Å². The van der Waals surface area contributed by atoms with Crippen LogP contribution in [0.4, 0.5) is 0 Å². The quantitative estimate of drug-likeness (QED) is 0.517. The van der Waals surface area contributed by atoms with Gasteiger partial charge in [-0.15, -0.1) is 0 Å². The minimum Gasteiger partial charge on any atom is -0.369 e. The van der Waals surface area contributed by atoms with E-state index in [2.05, 4.69) is 0 Å². The van der Waals surface area contributed by atoms with E-state index in [1.165, 1.54) is 0 Å². The fourth-order valence-electron chi connectivity index (χ4n) is 1.08. The molecule has 0 bridgehead atoms. The Morgan fingerprint density at radius 1 is 1.00 bits per heavy atom. The van der Waals surface area contributed by atoms with Gasteiger partial charge >= 0.3 is 0 Å². The lowest BCUT2D eigenvalue weighted by Crippen LogP contribution is -2.41. The molecule has 0 aliphatic heterocycles. The summed E-state index contributed by atoms with van der Waals surface area (Å²) in [5, 5.41) is 0. The number of nitrogens with two attached hydrogens (primary N) is 2. The molecule has 0 heterocycles. The van der Waals surface area contributed by atoms with Gasteiger partial charge in [-0.1, -0.05) is 0 Å². The highest BCUT2D eigenvalue weighted by atomic mass is 16.2. The second-order valence-electron chi connectivity index (χ2n) is 2.67. The topological polar surface area (TPSA) is 86.2 Å². The van der Waals surface area contributed by atoms with Crippen LogP contribution in [0.1, 0.15) is 12.8 Å². The molecule has 0 aromatic carbocycles. The van der Waals surface area contributed by atoms with Gasteiger partial charge in [-0.25, -0.2) is 0 Å². The molecule has 1 rings (SSSR count). The summed E-state index contributed by atoms with van der Waals surface area (Å²) in [5.74, 6) is -0.870. The molecule has 56 valence electrons. The van der Waals surface area contributed by atoms with Gasteiger partial charge in [0.2, 0.25) is 11.8 Å². The number of primary amides is 2. The van der Waals surface area contributed by atoms with E-state index < -0.39 is 0 Å². The van der Waals surface area contributed by atoms with Crippen LogP contribution in [0.3, 0.4) is 0 Å². The lowest BCUT2D eigenvalue weighted by molar-refractivity contribution is -0.132. The minimum atomic E-state index is -0.322. The first-order chi connectivity index (χ1) is 4.61. The lowest BCUT2D eigenvalue weighted by atomic mass is 9.74. The molecular weight excluding hydrogens is 132 g/mol. The number of hydrogen-bond acceptors (Lipinski definition) is 2. The van der Waals surface area contributed by atoms with Gasteiger partial charge in [0.15, 0.2) is 0 Å². The highest BCUT2D eigenvalue weighted by Gasteiger charge is 2.36. The predicted octanol–water partition coefficient (Wildman–Crippen LogP) is -1.02. The van der Waals surface area contributed by atoms with Gasteiger partial charge < -0.3 is 11.5 Å². The van der Waals surface area contributed by atoms with Gasteiger partial charge in [-0.2, -0.15) is 0 Å². The highest BCUT2D eigenvalue weighted by molar-refractivity contribution is 5.83. The monoisotopic (exact) mass is 142 g/mol. The summed E-state index contributed by atoms with van der Waals surface area (Å²) in [5.41, 5.74) is 9.94. The molecule has 1 aliphatic carbocycles. The van der Waals surface area contributed by atoms with E-state index in [1.54, 1.807) is 0 Å². The molecule has 0 radical (unpaired) electrons. The molecule has 0 aromatic heterocycles. The summed E-state index contributed by atoms with van der Waals surface area (Å²) >= 11 is 0. The maximum atomic E-state index is 10.4. The number of carbonyl (C=O) groups excluding carboxylic acids is 2. The van der Waals surface area contributed by atoms with Crippen LogP contribution in [-0.2, 0) is 9.59 Å². The van der Waals surface area contributed by atoms with Crippen molar-refractivity contribution >= 4 is 11.8 Å². The molecule has 4 heteroatoms. The highest BCUT2D eigenvalue weighted by Crippen LogP contribution is 2.32. The maximum absolute atomic E-state index is 10.4. The molecule has 0 atom stereocenters. The number of carbonyl (C=O) groups is 2.